The summed E-state index contributed by atoms with van der Waals surface area (Å²) < 4.78 is 9.84. The molecule has 0 spiro atoms. The van der Waals surface area contributed by atoms with Crippen LogP contribution >= 0.6 is 48.9 Å². The minimum absolute atomic E-state index is 0. The minimum atomic E-state index is 0. The van der Waals surface area contributed by atoms with Crippen LogP contribution in [0.3, 0.4) is 0 Å². The fourth-order valence-corrected chi connectivity index (χ4v) is 4.49. The molecule has 0 unspecified atom stereocenters. The molecule has 0 bridgehead atoms. The molecule has 0 aliphatic heterocycles. The molecule has 0 aliphatic rings. The molecule has 0 rings (SSSR count). The molecular formula is C32H64MoN4OS9. The van der Waals surface area contributed by atoms with Crippen molar-refractivity contribution in [3.8, 4) is 0 Å². The van der Waals surface area contributed by atoms with Crippen LogP contribution in [-0.2, 0) is 84.1 Å². The van der Waals surface area contributed by atoms with Gasteiger partial charge in [0.25, 0.3) is 0 Å². The Balaban J connectivity index is -0.000000116. The first-order valence-corrected chi connectivity index (χ1v) is 20.6. The van der Waals surface area contributed by atoms with Crippen molar-refractivity contribution in [2.45, 2.75) is 156 Å². The Hall–Kier alpha value is 1.15. The molecule has 47 heavy (non-hydrogen) atoms. The Morgan fingerprint density at radius 1 is 0.362 bits per heavy atom. The predicted octanol–water partition coefficient (Wildman–Crippen LogP) is 9.17. The molecular weight excluding hydrogens is 841 g/mol. The van der Waals surface area contributed by atoms with Crippen molar-refractivity contribution in [1.82, 2.24) is 21.3 Å². The van der Waals surface area contributed by atoms with Crippen molar-refractivity contribution in [1.29, 1.82) is 0 Å². The van der Waals surface area contributed by atoms with Gasteiger partial charge in [-0.1, -0.05) is 148 Å². The van der Waals surface area contributed by atoms with Crippen molar-refractivity contribution in [2.24, 2.45) is 0 Å². The molecule has 278 valence electrons. The van der Waals surface area contributed by atoms with Crippen LogP contribution in [-0.4, -0.2) is 47.7 Å². The van der Waals surface area contributed by atoms with E-state index in [0.717, 1.165) is 26.2 Å². The van der Waals surface area contributed by atoms with Crippen molar-refractivity contribution >= 4 is 129 Å². The van der Waals surface area contributed by atoms with Gasteiger partial charge in [0.05, 0.1) is 0 Å². The number of unbranched alkanes of at least 4 members (excludes halogenated alkanes) is 16. The van der Waals surface area contributed by atoms with Crippen molar-refractivity contribution in [2.75, 3.05) is 26.2 Å². The van der Waals surface area contributed by atoms with Crippen molar-refractivity contribution < 1.29 is 25.3 Å². The Kier molecular flexibility index (Phi) is 76.0. The molecule has 0 saturated heterocycles. The van der Waals surface area contributed by atoms with Crippen molar-refractivity contribution in [3.63, 3.8) is 0 Å². The van der Waals surface area contributed by atoms with Crippen LogP contribution < -0.4 is 21.3 Å². The Morgan fingerprint density at radius 2 is 0.511 bits per heavy atom. The predicted molar refractivity (Wildman–Crippen MR) is 235 cm³/mol. The Morgan fingerprint density at radius 3 is 0.638 bits per heavy atom. The molecule has 15 heteroatoms. The number of hydrogen-bond acceptors (Lipinski definition) is 10. The molecule has 0 saturated carbocycles. The second kappa shape index (κ2) is 59.3. The maximum Gasteiger partial charge on any atom is 4.00 e. The number of thiocarbonyl (C=S) groups is 4. The molecule has 0 aromatic heterocycles. The number of hydrogen-bond donors (Lipinski definition) is 4. The fraction of sp³-hybridized carbons (Fsp3) is 0.875. The molecule has 0 atom stereocenters. The van der Waals surface area contributed by atoms with Crippen LogP contribution in [0.2, 0.25) is 0 Å². The Bertz CT molecular complexity index is 552. The van der Waals surface area contributed by atoms with E-state index in [0.29, 0.717) is 17.3 Å². The quantitative estimate of drug-likeness (QED) is 0.0323. The van der Waals surface area contributed by atoms with Gasteiger partial charge in [-0.15, -0.1) is 0 Å². The van der Waals surface area contributed by atoms with Gasteiger partial charge in [0.2, 0.25) is 0 Å². The normalized spacial score (nSPS) is 9.02. The van der Waals surface area contributed by atoms with Crippen LogP contribution in [0, 0.1) is 0 Å². The fourth-order valence-electron chi connectivity index (χ4n) is 3.68. The molecule has 0 amide bonds. The van der Waals surface area contributed by atoms with E-state index >= 15 is 0 Å². The minimum Gasteiger partial charge on any atom is -0.412 e. The summed E-state index contributed by atoms with van der Waals surface area (Å²) in [5.74, 6) is 0. The SMILES string of the molecule is CCCCCCCNC(=S)[S-].CCCCCCCNC(=S)[S-].CCCCCCCNC(=S)[S-].CCCCCCCNC(=S)[S-].O=S.[Mo+4]. The average molecular weight is 905 g/mol. The smallest absolute Gasteiger partial charge is 0.412 e. The third-order valence-corrected chi connectivity index (χ3v) is 7.35. The van der Waals surface area contributed by atoms with Gasteiger partial charge in [-0.05, 0) is 25.7 Å². The molecule has 4 N–H and O–H groups in total. The maximum absolute atomic E-state index is 7.83. The van der Waals surface area contributed by atoms with E-state index in [1.807, 2.05) is 0 Å². The van der Waals surface area contributed by atoms with E-state index in [9.17, 15) is 0 Å². The standard InChI is InChI=1S/4C8H17NS2.Mo.OS/c4*1-2-3-4-5-6-7-9-8(10)11;;1-2/h4*2-7H2,1H3,(H2,9,10,11);;/q;;;;+4;/p-4. The molecule has 0 aliphatic carbocycles. The average Bonchev–Trinajstić information content (AvgIpc) is 3.02. The summed E-state index contributed by atoms with van der Waals surface area (Å²) in [6, 6.07) is 0. The van der Waals surface area contributed by atoms with E-state index in [1.165, 1.54) is 128 Å². The molecule has 0 fully saturated rings. The number of rotatable bonds is 24. The molecule has 0 heterocycles. The van der Waals surface area contributed by atoms with Crippen LogP contribution in [0.1, 0.15) is 156 Å². The molecule has 0 radical (unpaired) electrons. The van der Waals surface area contributed by atoms with Crippen LogP contribution in [0.4, 0.5) is 0 Å². The van der Waals surface area contributed by atoms with E-state index < -0.39 is 0 Å². The third kappa shape index (κ3) is 87.5. The first-order valence-electron chi connectivity index (χ1n) is 17.0. The third-order valence-electron chi connectivity index (χ3n) is 6.20. The zero-order chi connectivity index (χ0) is 36.1. The summed E-state index contributed by atoms with van der Waals surface area (Å²) in [5, 5.41) is 11.9. The second-order valence-electron chi connectivity index (χ2n) is 10.5. The summed E-state index contributed by atoms with van der Waals surface area (Å²) in [7, 11) is 0. The summed E-state index contributed by atoms with van der Waals surface area (Å²) in [5.41, 5.74) is 0. The van der Waals surface area contributed by atoms with Gasteiger partial charge in [-0.3, -0.25) is 0 Å². The van der Waals surface area contributed by atoms with Gasteiger partial charge in [0.1, 0.15) is 0 Å². The molecule has 0 aromatic rings. The van der Waals surface area contributed by atoms with Crippen LogP contribution in [0.5, 0.6) is 0 Å². The summed E-state index contributed by atoms with van der Waals surface area (Å²) in [4.78, 5) is 0. The largest absolute Gasteiger partial charge is 4.00 e. The van der Waals surface area contributed by atoms with E-state index in [1.54, 1.807) is 0 Å². The van der Waals surface area contributed by atoms with Gasteiger partial charge in [-0.25, -0.2) is 0 Å². The summed E-state index contributed by atoms with van der Waals surface area (Å²) in [6.07, 6.45) is 25.8. The van der Waals surface area contributed by atoms with Gasteiger partial charge in [0, 0.05) is 26.2 Å². The zero-order valence-electron chi connectivity index (χ0n) is 29.5. The molecule has 5 nitrogen and oxygen atoms in total. The first-order chi connectivity index (χ1) is 22.1. The van der Waals surface area contributed by atoms with Crippen molar-refractivity contribution in [3.05, 3.63) is 0 Å². The Labute approximate surface area is 354 Å². The van der Waals surface area contributed by atoms with Gasteiger partial charge in [0.15, 0.2) is 12.5 Å². The second-order valence-corrected chi connectivity index (χ2v) is 14.8. The van der Waals surface area contributed by atoms with E-state index in [-0.39, 0.29) is 21.1 Å². The number of nitrogens with one attached hydrogen (secondary N) is 4. The van der Waals surface area contributed by atoms with Gasteiger partial charge in [-0.2, -0.15) is 4.21 Å². The van der Waals surface area contributed by atoms with Crippen LogP contribution in [0.15, 0.2) is 0 Å². The van der Waals surface area contributed by atoms with Crippen LogP contribution in [0.25, 0.3) is 0 Å². The molecule has 0 aromatic carbocycles. The monoisotopic (exact) mass is 906 g/mol. The van der Waals surface area contributed by atoms with E-state index in [4.69, 9.17) is 104 Å². The zero-order valence-corrected chi connectivity index (χ0v) is 38.8. The summed E-state index contributed by atoms with van der Waals surface area (Å²) >= 11 is 40.4. The van der Waals surface area contributed by atoms with Gasteiger partial charge >= 0.3 is 21.1 Å². The van der Waals surface area contributed by atoms with E-state index in [2.05, 4.69) is 61.5 Å². The summed E-state index contributed by atoms with van der Waals surface area (Å²) in [6.45, 7) is 12.7. The first kappa shape index (κ1) is 60.2. The topological polar surface area (TPSA) is 65.2 Å². The maximum atomic E-state index is 7.83. The van der Waals surface area contributed by atoms with Gasteiger partial charge < -0.3 is 121 Å².